The summed E-state index contributed by atoms with van der Waals surface area (Å²) < 4.78 is 0. The minimum atomic E-state index is -0.873. The number of pyridine rings is 1. The first kappa shape index (κ1) is 24.1. The van der Waals surface area contributed by atoms with E-state index >= 15 is 0 Å². The lowest BCUT2D eigenvalue weighted by molar-refractivity contribution is 0.105. The molecule has 2 N–H and O–H groups in total. The Morgan fingerprint density at radius 2 is 1.94 bits per heavy atom. The Labute approximate surface area is 205 Å². The normalized spacial score (nSPS) is 16.1. The molecule has 1 aliphatic heterocycles. The lowest BCUT2D eigenvalue weighted by atomic mass is 9.89. The second-order valence-corrected chi connectivity index (χ2v) is 11.2. The molecule has 2 aromatic rings. The first-order chi connectivity index (χ1) is 15.8. The summed E-state index contributed by atoms with van der Waals surface area (Å²) in [6.07, 6.45) is 4.89. The number of hydrogen-bond donors (Lipinski definition) is 2. The molecule has 0 spiro atoms. The summed E-state index contributed by atoms with van der Waals surface area (Å²) in [4.78, 5) is 19.3. The maximum atomic E-state index is 11.7. The summed E-state index contributed by atoms with van der Waals surface area (Å²) in [5, 5.41) is 13.9. The number of carboxylic acid groups (broad SMARTS) is 1. The van der Waals surface area contributed by atoms with Crippen molar-refractivity contribution in [2.24, 2.45) is 0 Å². The summed E-state index contributed by atoms with van der Waals surface area (Å²) >= 11 is 8.10. The Hall–Kier alpha value is -2.02. The molecular formula is C26H32ClN3O2S. The van der Waals surface area contributed by atoms with E-state index in [4.69, 9.17) is 16.6 Å². The molecule has 0 bridgehead atoms. The fourth-order valence-electron chi connectivity index (χ4n) is 4.77. The van der Waals surface area contributed by atoms with Gasteiger partial charge in [0, 0.05) is 39.5 Å². The van der Waals surface area contributed by atoms with E-state index in [9.17, 15) is 9.90 Å². The smallest absolute Gasteiger partial charge is 0.407 e. The zero-order chi connectivity index (χ0) is 23.6. The average Bonchev–Trinajstić information content (AvgIpc) is 2.93. The van der Waals surface area contributed by atoms with E-state index in [1.54, 1.807) is 11.8 Å². The molecule has 1 aromatic heterocycles. The second-order valence-electron chi connectivity index (χ2n) is 9.62. The summed E-state index contributed by atoms with van der Waals surface area (Å²) in [7, 11) is 0. The average molecular weight is 486 g/mol. The number of nitrogens with one attached hydrogen (secondary N) is 1. The van der Waals surface area contributed by atoms with E-state index in [0.717, 1.165) is 49.5 Å². The third-order valence-corrected chi connectivity index (χ3v) is 7.72. The summed E-state index contributed by atoms with van der Waals surface area (Å²) in [5.74, 6) is 0.703. The maximum absolute atomic E-state index is 11.7. The highest BCUT2D eigenvalue weighted by molar-refractivity contribution is 7.99. The number of hydrogen-bond acceptors (Lipinski definition) is 4. The van der Waals surface area contributed by atoms with Crippen LogP contribution in [0.15, 0.2) is 40.9 Å². The predicted octanol–water partition coefficient (Wildman–Crippen LogP) is 5.89. The number of aryl methyl sites for hydroxylation is 1. The van der Waals surface area contributed by atoms with Crippen LogP contribution in [-0.2, 0) is 12.8 Å². The van der Waals surface area contributed by atoms with E-state index in [1.807, 2.05) is 33.0 Å². The van der Waals surface area contributed by atoms with Gasteiger partial charge in [0.15, 0.2) is 0 Å². The maximum Gasteiger partial charge on any atom is 0.407 e. The van der Waals surface area contributed by atoms with Crippen molar-refractivity contribution in [2.75, 3.05) is 25.4 Å². The van der Waals surface area contributed by atoms with Crippen molar-refractivity contribution in [1.29, 1.82) is 0 Å². The van der Waals surface area contributed by atoms with Crippen molar-refractivity contribution < 1.29 is 9.90 Å². The van der Waals surface area contributed by atoms with Crippen LogP contribution in [0.5, 0.6) is 0 Å². The Balaban J connectivity index is 1.69. The fourth-order valence-corrected chi connectivity index (χ4v) is 5.99. The number of nitrogens with zero attached hydrogens (tertiary/aromatic N) is 2. The number of amides is 1. The van der Waals surface area contributed by atoms with Crippen LogP contribution in [0.2, 0.25) is 5.02 Å². The van der Waals surface area contributed by atoms with Gasteiger partial charge in [-0.25, -0.2) is 4.79 Å². The number of thioether (sulfide) groups is 1. The SMILES string of the molecule is CC(C)(C)N(CCSc1ccnc2c1CCc1cc(Cl)ccc1C2=C1CCNCC1)C(=O)O. The van der Waals surface area contributed by atoms with Crippen LogP contribution in [0.3, 0.4) is 0 Å². The Bertz CT molecular complexity index is 1070. The molecule has 1 aliphatic carbocycles. The number of piperidine rings is 1. The third kappa shape index (κ3) is 5.39. The minimum Gasteiger partial charge on any atom is -0.465 e. The minimum absolute atomic E-state index is 0.422. The van der Waals surface area contributed by atoms with Crippen molar-refractivity contribution in [2.45, 2.75) is 56.9 Å². The van der Waals surface area contributed by atoms with Crippen LogP contribution in [0.4, 0.5) is 4.79 Å². The number of rotatable bonds is 4. The topological polar surface area (TPSA) is 65.5 Å². The number of benzene rings is 1. The Kier molecular flexibility index (Phi) is 7.37. The molecule has 1 amide bonds. The highest BCUT2D eigenvalue weighted by atomic mass is 35.5. The van der Waals surface area contributed by atoms with Gasteiger partial charge in [0.05, 0.1) is 5.69 Å². The zero-order valence-corrected chi connectivity index (χ0v) is 21.2. The molecule has 1 fully saturated rings. The number of halogens is 1. The quantitative estimate of drug-likeness (QED) is 0.528. The predicted molar refractivity (Wildman–Crippen MR) is 136 cm³/mol. The van der Waals surface area contributed by atoms with Crippen LogP contribution >= 0.6 is 23.4 Å². The van der Waals surface area contributed by atoms with Gasteiger partial charge in [0.1, 0.15) is 0 Å². The first-order valence-electron chi connectivity index (χ1n) is 11.6. The van der Waals surface area contributed by atoms with Crippen molar-refractivity contribution in [3.05, 3.63) is 63.4 Å². The Morgan fingerprint density at radius 1 is 1.18 bits per heavy atom. The van der Waals surface area contributed by atoms with Gasteiger partial charge in [-0.15, -0.1) is 11.8 Å². The molecule has 0 unspecified atom stereocenters. The molecular weight excluding hydrogens is 454 g/mol. The van der Waals surface area contributed by atoms with Crippen LogP contribution in [0, 0.1) is 0 Å². The van der Waals surface area contributed by atoms with Gasteiger partial charge >= 0.3 is 6.09 Å². The molecule has 1 saturated heterocycles. The molecule has 7 heteroatoms. The van der Waals surface area contributed by atoms with Gasteiger partial charge in [-0.2, -0.15) is 0 Å². The van der Waals surface area contributed by atoms with Gasteiger partial charge < -0.3 is 15.3 Å². The van der Waals surface area contributed by atoms with Gasteiger partial charge in [-0.3, -0.25) is 4.98 Å². The molecule has 1 aromatic carbocycles. The van der Waals surface area contributed by atoms with Crippen molar-refractivity contribution in [3.8, 4) is 0 Å². The molecule has 2 heterocycles. The fraction of sp³-hybridized carbons (Fsp3) is 0.462. The molecule has 33 heavy (non-hydrogen) atoms. The summed E-state index contributed by atoms with van der Waals surface area (Å²) in [6, 6.07) is 8.33. The highest BCUT2D eigenvalue weighted by Gasteiger charge is 2.27. The molecule has 0 atom stereocenters. The third-order valence-electron chi connectivity index (χ3n) is 6.40. The van der Waals surface area contributed by atoms with Crippen LogP contribution in [0.25, 0.3) is 5.57 Å². The van der Waals surface area contributed by atoms with E-state index in [2.05, 4.69) is 23.5 Å². The lowest BCUT2D eigenvalue weighted by Crippen LogP contribution is -2.46. The standard InChI is InChI=1S/C26H32ClN3O2S/c1-26(2,3)30(25(31)32)14-15-33-22-10-13-29-24-21(22)6-4-18-16-19(27)5-7-20(18)23(24)17-8-11-28-12-9-17/h5,7,10,13,16,28H,4,6,8-9,11-12,14-15H2,1-3H3,(H,31,32). The molecule has 176 valence electrons. The monoisotopic (exact) mass is 485 g/mol. The highest BCUT2D eigenvalue weighted by Crippen LogP contribution is 2.40. The van der Waals surface area contributed by atoms with Crippen LogP contribution in [0.1, 0.15) is 56.0 Å². The molecule has 5 nitrogen and oxygen atoms in total. The molecule has 0 radical (unpaired) electrons. The number of carbonyl (C=O) groups is 1. The summed E-state index contributed by atoms with van der Waals surface area (Å²) in [6.45, 7) is 8.26. The van der Waals surface area contributed by atoms with Crippen LogP contribution < -0.4 is 5.32 Å². The Morgan fingerprint density at radius 3 is 2.64 bits per heavy atom. The van der Waals surface area contributed by atoms with Gasteiger partial charge in [-0.05, 0) is 94.4 Å². The van der Waals surface area contributed by atoms with Gasteiger partial charge in [0.25, 0.3) is 0 Å². The van der Waals surface area contributed by atoms with E-state index < -0.39 is 11.6 Å². The van der Waals surface area contributed by atoms with E-state index in [0.29, 0.717) is 12.3 Å². The molecule has 0 saturated carbocycles. The first-order valence-corrected chi connectivity index (χ1v) is 12.9. The lowest BCUT2D eigenvalue weighted by Gasteiger charge is -2.33. The molecule has 2 aliphatic rings. The molecule has 4 rings (SSSR count). The van der Waals surface area contributed by atoms with Crippen molar-refractivity contribution in [3.63, 3.8) is 0 Å². The second kappa shape index (κ2) is 10.1. The summed E-state index contributed by atoms with van der Waals surface area (Å²) in [5.41, 5.74) is 7.21. The van der Waals surface area contributed by atoms with Gasteiger partial charge in [-0.1, -0.05) is 23.2 Å². The van der Waals surface area contributed by atoms with E-state index in [-0.39, 0.29) is 0 Å². The number of aromatic nitrogens is 1. The zero-order valence-electron chi connectivity index (χ0n) is 19.6. The van der Waals surface area contributed by atoms with Crippen molar-refractivity contribution >= 4 is 35.0 Å². The van der Waals surface area contributed by atoms with Crippen molar-refractivity contribution in [1.82, 2.24) is 15.2 Å². The van der Waals surface area contributed by atoms with Gasteiger partial charge in [0.2, 0.25) is 0 Å². The van der Waals surface area contributed by atoms with E-state index in [1.165, 1.54) is 37.6 Å². The van der Waals surface area contributed by atoms with Crippen LogP contribution in [-0.4, -0.2) is 52.0 Å². The number of fused-ring (bicyclic) bond motifs is 2. The largest absolute Gasteiger partial charge is 0.465 e.